The predicted octanol–water partition coefficient (Wildman–Crippen LogP) is 4.53. The molecule has 23 heavy (non-hydrogen) atoms. The van der Waals surface area contributed by atoms with E-state index in [1.165, 1.54) is 17.6 Å². The molecular formula is C20H26O3. The first-order chi connectivity index (χ1) is 11.1. The Bertz CT molecular complexity index is 617. The summed E-state index contributed by atoms with van der Waals surface area (Å²) < 4.78 is 10.9. The summed E-state index contributed by atoms with van der Waals surface area (Å²) in [6, 6.07) is 2.02. The summed E-state index contributed by atoms with van der Waals surface area (Å²) in [5, 5.41) is 0. The summed E-state index contributed by atoms with van der Waals surface area (Å²) in [6.07, 6.45) is 10.9. The molecule has 3 nitrogen and oxygen atoms in total. The van der Waals surface area contributed by atoms with Crippen molar-refractivity contribution in [2.75, 3.05) is 6.61 Å². The Balaban J connectivity index is 1.68. The number of ether oxygens (including phenoxy) is 1. The summed E-state index contributed by atoms with van der Waals surface area (Å²) in [4.78, 5) is 12.9. The minimum atomic E-state index is -0.315. The van der Waals surface area contributed by atoms with Crippen LogP contribution >= 0.6 is 0 Å². The van der Waals surface area contributed by atoms with Crippen LogP contribution in [0.25, 0.3) is 0 Å². The molecule has 1 saturated heterocycles. The number of hydrogen-bond acceptors (Lipinski definition) is 3. The minimum Gasteiger partial charge on any atom is -0.472 e. The molecule has 0 amide bonds. The maximum Gasteiger partial charge on any atom is 0.313 e. The molecule has 1 aromatic heterocycles. The van der Waals surface area contributed by atoms with Gasteiger partial charge in [0.1, 0.15) is 0 Å². The van der Waals surface area contributed by atoms with Crippen LogP contribution in [-0.4, -0.2) is 12.6 Å². The molecule has 1 aliphatic heterocycles. The molecule has 0 radical (unpaired) electrons. The van der Waals surface area contributed by atoms with E-state index in [1.54, 1.807) is 6.26 Å². The molecule has 3 fully saturated rings. The van der Waals surface area contributed by atoms with Crippen molar-refractivity contribution in [1.29, 1.82) is 0 Å². The first-order valence-electron chi connectivity index (χ1n) is 8.92. The monoisotopic (exact) mass is 314 g/mol. The van der Waals surface area contributed by atoms with E-state index in [0.29, 0.717) is 12.5 Å². The molecule has 3 aliphatic rings. The third-order valence-electron chi connectivity index (χ3n) is 6.88. The third-order valence-corrected chi connectivity index (χ3v) is 6.88. The maximum atomic E-state index is 12.9. The molecule has 2 bridgehead atoms. The van der Waals surface area contributed by atoms with Gasteiger partial charge in [-0.25, -0.2) is 0 Å². The number of carbonyl (C=O) groups is 1. The lowest BCUT2D eigenvalue weighted by molar-refractivity contribution is -0.207. The van der Waals surface area contributed by atoms with E-state index in [0.717, 1.165) is 38.5 Å². The summed E-state index contributed by atoms with van der Waals surface area (Å²) >= 11 is 0. The third kappa shape index (κ3) is 2.12. The van der Waals surface area contributed by atoms with E-state index in [4.69, 9.17) is 9.15 Å². The molecule has 2 heterocycles. The van der Waals surface area contributed by atoms with Gasteiger partial charge >= 0.3 is 5.97 Å². The summed E-state index contributed by atoms with van der Waals surface area (Å²) in [7, 11) is 0. The Morgan fingerprint density at radius 1 is 1.39 bits per heavy atom. The highest BCUT2D eigenvalue weighted by atomic mass is 16.5. The van der Waals surface area contributed by atoms with Gasteiger partial charge in [-0.2, -0.15) is 0 Å². The Labute approximate surface area is 138 Å². The minimum absolute atomic E-state index is 0.0534. The first kappa shape index (κ1) is 15.0. The van der Waals surface area contributed by atoms with Crippen LogP contribution in [0.4, 0.5) is 0 Å². The highest BCUT2D eigenvalue weighted by Gasteiger charge is 2.64. The molecule has 4 rings (SSSR count). The van der Waals surface area contributed by atoms with E-state index in [9.17, 15) is 4.79 Å². The topological polar surface area (TPSA) is 39.4 Å². The largest absolute Gasteiger partial charge is 0.472 e. The molecule has 1 unspecified atom stereocenters. The molecular weight excluding hydrogens is 288 g/mol. The van der Waals surface area contributed by atoms with Gasteiger partial charge in [0.25, 0.3) is 0 Å². The summed E-state index contributed by atoms with van der Waals surface area (Å²) in [6.45, 7) is 7.30. The van der Waals surface area contributed by atoms with E-state index in [-0.39, 0.29) is 22.7 Å². The normalized spacial score (nSPS) is 39.7. The van der Waals surface area contributed by atoms with Gasteiger partial charge in [0.2, 0.25) is 0 Å². The number of hydrogen-bond donors (Lipinski definition) is 0. The number of esters is 1. The van der Waals surface area contributed by atoms with Crippen LogP contribution in [0.1, 0.15) is 51.0 Å². The van der Waals surface area contributed by atoms with Crippen molar-refractivity contribution in [3.05, 3.63) is 36.3 Å². The molecule has 0 aromatic carbocycles. The van der Waals surface area contributed by atoms with E-state index < -0.39 is 0 Å². The molecule has 4 atom stereocenters. The number of cyclic esters (lactones) is 1. The van der Waals surface area contributed by atoms with Crippen molar-refractivity contribution in [2.24, 2.45) is 22.7 Å². The Morgan fingerprint density at radius 3 is 3.04 bits per heavy atom. The van der Waals surface area contributed by atoms with Crippen LogP contribution in [0, 0.1) is 22.7 Å². The van der Waals surface area contributed by atoms with Gasteiger partial charge in [-0.05, 0) is 62.0 Å². The fourth-order valence-electron chi connectivity index (χ4n) is 5.78. The van der Waals surface area contributed by atoms with Gasteiger partial charge in [-0.1, -0.05) is 25.5 Å². The van der Waals surface area contributed by atoms with Gasteiger partial charge in [0.05, 0.1) is 24.5 Å². The quantitative estimate of drug-likeness (QED) is 0.608. The predicted molar refractivity (Wildman–Crippen MR) is 87.7 cm³/mol. The second-order valence-corrected chi connectivity index (χ2v) is 8.10. The van der Waals surface area contributed by atoms with Crippen LogP contribution < -0.4 is 0 Å². The fourth-order valence-corrected chi connectivity index (χ4v) is 5.78. The van der Waals surface area contributed by atoms with Gasteiger partial charge in [-0.15, -0.1) is 0 Å². The van der Waals surface area contributed by atoms with Crippen LogP contribution in [0.15, 0.2) is 35.2 Å². The molecule has 0 spiro atoms. The number of carbonyl (C=O) groups excluding carboxylic acids is 1. The summed E-state index contributed by atoms with van der Waals surface area (Å²) in [5.41, 5.74) is 2.32. The van der Waals surface area contributed by atoms with E-state index in [1.807, 2.05) is 12.3 Å². The standard InChI is InChI=1S/C20H26O3/c1-14-4-7-17-19(2)9-3-10-20(17,18(21)23-13-19)16(14)6-5-15-8-11-22-12-15/h8,11-12,16-17H,1,3-7,9-10,13H2,2H3/t16-,17-,19?,20-/m1/s1. The molecule has 2 aliphatic carbocycles. The Morgan fingerprint density at radius 2 is 2.26 bits per heavy atom. The van der Waals surface area contributed by atoms with Crippen LogP contribution in [0.2, 0.25) is 0 Å². The van der Waals surface area contributed by atoms with E-state index in [2.05, 4.69) is 13.5 Å². The van der Waals surface area contributed by atoms with Crippen LogP contribution in [-0.2, 0) is 16.0 Å². The Hall–Kier alpha value is -1.51. The molecule has 1 aromatic rings. The van der Waals surface area contributed by atoms with Crippen molar-refractivity contribution in [1.82, 2.24) is 0 Å². The molecule has 2 saturated carbocycles. The van der Waals surface area contributed by atoms with E-state index >= 15 is 0 Å². The number of allylic oxidation sites excluding steroid dienone is 1. The lowest BCUT2D eigenvalue weighted by Gasteiger charge is -2.61. The van der Waals surface area contributed by atoms with Gasteiger partial charge in [0, 0.05) is 5.41 Å². The molecule has 124 valence electrons. The lowest BCUT2D eigenvalue weighted by Crippen LogP contribution is -2.61. The molecule has 3 heteroatoms. The van der Waals surface area contributed by atoms with Crippen molar-refractivity contribution < 1.29 is 13.9 Å². The number of aryl methyl sites for hydroxylation is 1. The molecule has 0 N–H and O–H groups in total. The SMILES string of the molecule is C=C1CC[C@@H]2C3(C)CCC[C@@]2(C(=O)OC3)[C@@H]1CCc1ccoc1. The lowest BCUT2D eigenvalue weighted by atomic mass is 9.45. The zero-order valence-electron chi connectivity index (χ0n) is 14.0. The zero-order valence-corrected chi connectivity index (χ0v) is 14.0. The maximum absolute atomic E-state index is 12.9. The number of rotatable bonds is 3. The van der Waals surface area contributed by atoms with Crippen molar-refractivity contribution in [3.8, 4) is 0 Å². The first-order valence-corrected chi connectivity index (χ1v) is 8.92. The average molecular weight is 314 g/mol. The fraction of sp³-hybridized carbons (Fsp3) is 0.650. The van der Waals surface area contributed by atoms with Crippen molar-refractivity contribution in [3.63, 3.8) is 0 Å². The number of furan rings is 1. The van der Waals surface area contributed by atoms with Gasteiger partial charge in [-0.3, -0.25) is 4.79 Å². The van der Waals surface area contributed by atoms with Crippen LogP contribution in [0.5, 0.6) is 0 Å². The second kappa shape index (κ2) is 5.25. The second-order valence-electron chi connectivity index (χ2n) is 8.10. The summed E-state index contributed by atoms with van der Waals surface area (Å²) in [5.74, 6) is 0.770. The smallest absolute Gasteiger partial charge is 0.313 e. The average Bonchev–Trinajstić information content (AvgIpc) is 3.04. The van der Waals surface area contributed by atoms with Crippen LogP contribution in [0.3, 0.4) is 0 Å². The van der Waals surface area contributed by atoms with Crippen molar-refractivity contribution >= 4 is 5.97 Å². The zero-order chi connectivity index (χ0) is 16.1. The van der Waals surface area contributed by atoms with Gasteiger partial charge < -0.3 is 9.15 Å². The van der Waals surface area contributed by atoms with Crippen molar-refractivity contribution in [2.45, 2.75) is 51.9 Å². The highest BCUT2D eigenvalue weighted by Crippen LogP contribution is 2.64. The highest BCUT2D eigenvalue weighted by molar-refractivity contribution is 5.80. The Kier molecular flexibility index (Phi) is 3.44. The van der Waals surface area contributed by atoms with Gasteiger partial charge in [0.15, 0.2) is 0 Å².